The van der Waals surface area contributed by atoms with Crippen molar-refractivity contribution in [1.29, 1.82) is 0 Å². The molecular weight excluding hydrogens is 216 g/mol. The molecule has 0 aromatic heterocycles. The van der Waals surface area contributed by atoms with Gasteiger partial charge in [-0.2, -0.15) is 0 Å². The fourth-order valence-corrected chi connectivity index (χ4v) is 2.69. The van der Waals surface area contributed by atoms with Gasteiger partial charge in [0.1, 0.15) is 0 Å². The highest BCUT2D eigenvalue weighted by Gasteiger charge is 2.24. The largest absolute Gasteiger partial charge is 0.0991 e. The summed E-state index contributed by atoms with van der Waals surface area (Å²) in [4.78, 5) is 0. The zero-order chi connectivity index (χ0) is 13.1. The van der Waals surface area contributed by atoms with E-state index in [4.69, 9.17) is 0 Å². The summed E-state index contributed by atoms with van der Waals surface area (Å²) in [6.07, 6.45) is 8.02. The zero-order valence-corrected chi connectivity index (χ0v) is 11.4. The van der Waals surface area contributed by atoms with E-state index in [2.05, 4.69) is 63.8 Å². The van der Waals surface area contributed by atoms with Gasteiger partial charge in [-0.05, 0) is 40.7 Å². The Morgan fingerprint density at radius 1 is 1.06 bits per heavy atom. The summed E-state index contributed by atoms with van der Waals surface area (Å²) in [6, 6.07) is 8.67. The van der Waals surface area contributed by atoms with E-state index in [1.165, 1.54) is 27.8 Å². The minimum absolute atomic E-state index is 0.556. The second kappa shape index (κ2) is 5.22. The third-order valence-corrected chi connectivity index (χ3v) is 3.40. The summed E-state index contributed by atoms with van der Waals surface area (Å²) in [5, 5.41) is 0. The second-order valence-corrected chi connectivity index (χ2v) is 4.94. The molecule has 0 atom stereocenters. The minimum atomic E-state index is 0.556. The predicted octanol–water partition coefficient (Wildman–Crippen LogP) is 5.26. The topological polar surface area (TPSA) is 0 Å². The first-order valence-electron chi connectivity index (χ1n) is 6.47. The van der Waals surface area contributed by atoms with Gasteiger partial charge in [0.05, 0.1) is 0 Å². The Morgan fingerprint density at radius 2 is 1.72 bits per heavy atom. The lowest BCUT2D eigenvalue weighted by atomic mass is 9.95. The molecule has 0 aliphatic heterocycles. The Kier molecular flexibility index (Phi) is 3.66. The van der Waals surface area contributed by atoms with Crippen molar-refractivity contribution in [3.63, 3.8) is 0 Å². The Hall–Kier alpha value is -1.82. The van der Waals surface area contributed by atoms with Gasteiger partial charge in [0.25, 0.3) is 0 Å². The van der Waals surface area contributed by atoms with Crippen LogP contribution in [0.25, 0.3) is 11.1 Å². The Morgan fingerprint density at radius 3 is 2.33 bits per heavy atom. The lowest BCUT2D eigenvalue weighted by Gasteiger charge is -2.09. The third kappa shape index (κ3) is 2.11. The van der Waals surface area contributed by atoms with Gasteiger partial charge in [0.2, 0.25) is 0 Å². The molecule has 0 heterocycles. The molecule has 0 amide bonds. The summed E-state index contributed by atoms with van der Waals surface area (Å²) in [7, 11) is 0. The highest BCUT2D eigenvalue weighted by molar-refractivity contribution is 6.00. The quantitative estimate of drug-likeness (QED) is 0.628. The van der Waals surface area contributed by atoms with Gasteiger partial charge in [0, 0.05) is 0 Å². The van der Waals surface area contributed by atoms with Crippen molar-refractivity contribution in [3.05, 3.63) is 71.8 Å². The van der Waals surface area contributed by atoms with Crippen LogP contribution in [0.5, 0.6) is 0 Å². The summed E-state index contributed by atoms with van der Waals surface area (Å²) >= 11 is 0. The van der Waals surface area contributed by atoms with Gasteiger partial charge in [-0.25, -0.2) is 0 Å². The van der Waals surface area contributed by atoms with Crippen molar-refractivity contribution in [3.8, 4) is 0 Å². The minimum Gasteiger partial charge on any atom is -0.0991 e. The molecule has 0 radical (unpaired) electrons. The maximum atomic E-state index is 3.70. The van der Waals surface area contributed by atoms with Crippen LogP contribution in [-0.2, 0) is 0 Å². The molecule has 0 N–H and O–H groups in total. The predicted molar refractivity (Wildman–Crippen MR) is 81.2 cm³/mol. The third-order valence-electron chi connectivity index (χ3n) is 3.40. The van der Waals surface area contributed by atoms with Crippen molar-refractivity contribution < 1.29 is 0 Å². The van der Waals surface area contributed by atoms with E-state index in [0.717, 1.165) is 0 Å². The molecule has 0 heteroatoms. The normalized spacial score (nSPS) is 17.0. The van der Waals surface area contributed by atoms with E-state index in [1.54, 1.807) is 6.08 Å². The molecule has 0 nitrogen and oxygen atoms in total. The molecule has 0 spiro atoms. The molecule has 18 heavy (non-hydrogen) atoms. The van der Waals surface area contributed by atoms with Crippen molar-refractivity contribution in [2.75, 3.05) is 0 Å². The molecule has 2 rings (SSSR count). The fourth-order valence-electron chi connectivity index (χ4n) is 2.69. The van der Waals surface area contributed by atoms with Gasteiger partial charge in [-0.15, -0.1) is 0 Å². The van der Waals surface area contributed by atoms with Crippen molar-refractivity contribution in [1.82, 2.24) is 0 Å². The molecular formula is C18H20. The van der Waals surface area contributed by atoms with Crippen molar-refractivity contribution in [2.24, 2.45) is 5.92 Å². The summed E-state index contributed by atoms with van der Waals surface area (Å²) in [5.41, 5.74) is 6.96. The van der Waals surface area contributed by atoms with E-state index < -0.39 is 0 Å². The van der Waals surface area contributed by atoms with Crippen LogP contribution in [0.3, 0.4) is 0 Å². The first-order valence-corrected chi connectivity index (χ1v) is 6.47. The average molecular weight is 236 g/mol. The average Bonchev–Trinajstić information content (AvgIpc) is 2.63. The molecule has 0 fully saturated rings. The van der Waals surface area contributed by atoms with Gasteiger partial charge >= 0.3 is 0 Å². The Bertz CT molecular complexity index is 551. The van der Waals surface area contributed by atoms with E-state index >= 15 is 0 Å². The van der Waals surface area contributed by atoms with E-state index in [1.807, 2.05) is 6.08 Å². The SMILES string of the molecule is C=C/C=C\C=C1/C(C)=C(C(C)C)c2ccccc21. The van der Waals surface area contributed by atoms with Gasteiger partial charge in [0.15, 0.2) is 0 Å². The molecule has 0 bridgehead atoms. The number of allylic oxidation sites excluding steroid dienone is 7. The van der Waals surface area contributed by atoms with E-state index in [0.29, 0.717) is 5.92 Å². The van der Waals surface area contributed by atoms with Crippen molar-refractivity contribution >= 4 is 11.1 Å². The smallest absolute Gasteiger partial charge is 0.0106 e. The summed E-state index contributed by atoms with van der Waals surface area (Å²) < 4.78 is 0. The zero-order valence-electron chi connectivity index (χ0n) is 11.4. The van der Waals surface area contributed by atoms with Crippen LogP contribution in [0.4, 0.5) is 0 Å². The number of hydrogen-bond donors (Lipinski definition) is 0. The lowest BCUT2D eigenvalue weighted by Crippen LogP contribution is -1.92. The van der Waals surface area contributed by atoms with Gasteiger partial charge in [-0.1, -0.05) is 69.0 Å². The standard InChI is InChI=1S/C18H20/c1-5-6-7-10-15-14(4)18(13(2)3)17-12-9-8-11-16(15)17/h5-13H,1H2,2-4H3/b7-6-,15-10+. The fraction of sp³-hybridized carbons (Fsp3) is 0.222. The van der Waals surface area contributed by atoms with Crippen LogP contribution in [0, 0.1) is 5.92 Å². The summed E-state index contributed by atoms with van der Waals surface area (Å²) in [6.45, 7) is 10.5. The van der Waals surface area contributed by atoms with E-state index in [-0.39, 0.29) is 0 Å². The van der Waals surface area contributed by atoms with Crippen LogP contribution in [0.1, 0.15) is 31.9 Å². The highest BCUT2D eigenvalue weighted by Crippen LogP contribution is 2.44. The maximum Gasteiger partial charge on any atom is -0.0106 e. The molecule has 0 saturated carbocycles. The van der Waals surface area contributed by atoms with Crippen LogP contribution >= 0.6 is 0 Å². The highest BCUT2D eigenvalue weighted by atomic mass is 14.3. The van der Waals surface area contributed by atoms with Crippen LogP contribution in [-0.4, -0.2) is 0 Å². The monoisotopic (exact) mass is 236 g/mol. The number of benzene rings is 1. The molecule has 0 saturated heterocycles. The Balaban J connectivity index is 2.59. The molecule has 1 aromatic carbocycles. The number of fused-ring (bicyclic) bond motifs is 1. The van der Waals surface area contributed by atoms with Crippen LogP contribution in [0.2, 0.25) is 0 Å². The first-order chi connectivity index (χ1) is 8.66. The van der Waals surface area contributed by atoms with Crippen LogP contribution < -0.4 is 0 Å². The Labute approximate surface area is 110 Å². The number of rotatable bonds is 3. The molecule has 92 valence electrons. The van der Waals surface area contributed by atoms with Gasteiger partial charge < -0.3 is 0 Å². The summed E-state index contributed by atoms with van der Waals surface area (Å²) in [5.74, 6) is 0.556. The maximum absolute atomic E-state index is 3.70. The molecule has 1 aliphatic carbocycles. The van der Waals surface area contributed by atoms with E-state index in [9.17, 15) is 0 Å². The van der Waals surface area contributed by atoms with Crippen LogP contribution in [0.15, 0.2) is 60.7 Å². The molecule has 1 aliphatic rings. The van der Waals surface area contributed by atoms with Gasteiger partial charge in [-0.3, -0.25) is 0 Å². The second-order valence-electron chi connectivity index (χ2n) is 4.94. The molecule has 0 unspecified atom stereocenters. The number of hydrogen-bond acceptors (Lipinski definition) is 0. The van der Waals surface area contributed by atoms with Crippen molar-refractivity contribution in [2.45, 2.75) is 20.8 Å². The first kappa shape index (κ1) is 12.6. The lowest BCUT2D eigenvalue weighted by molar-refractivity contribution is 0.853. The molecule has 1 aromatic rings.